The summed E-state index contributed by atoms with van der Waals surface area (Å²) in [4.78, 5) is 18.3. The monoisotopic (exact) mass is 376 g/mol. The Bertz CT molecular complexity index is 1050. The molecule has 1 amide bonds. The Kier molecular flexibility index (Phi) is 4.88. The number of nitrogens with zero attached hydrogens (tertiary/aromatic N) is 1. The van der Waals surface area contributed by atoms with Crippen LogP contribution in [-0.4, -0.2) is 35.5 Å². The van der Waals surface area contributed by atoms with E-state index in [2.05, 4.69) is 43.1 Å². The summed E-state index contributed by atoms with van der Waals surface area (Å²) in [5.74, 6) is 0.904. The third-order valence-corrected chi connectivity index (χ3v) is 5.98. The Labute approximate surface area is 166 Å². The Morgan fingerprint density at radius 3 is 2.61 bits per heavy atom. The molecule has 0 saturated carbocycles. The number of amides is 1. The van der Waals surface area contributed by atoms with Crippen molar-refractivity contribution in [2.45, 2.75) is 40.5 Å². The molecule has 0 radical (unpaired) electrons. The van der Waals surface area contributed by atoms with Crippen molar-refractivity contribution in [1.82, 2.24) is 9.88 Å². The van der Waals surface area contributed by atoms with E-state index in [-0.39, 0.29) is 12.5 Å². The number of nitrogens with one attached hydrogen (secondary N) is 1. The van der Waals surface area contributed by atoms with Gasteiger partial charge in [0.15, 0.2) is 6.61 Å². The van der Waals surface area contributed by atoms with Crippen LogP contribution in [0.4, 0.5) is 0 Å². The number of hydrogen-bond donors (Lipinski definition) is 1. The van der Waals surface area contributed by atoms with Crippen LogP contribution < -0.4 is 4.74 Å². The predicted molar refractivity (Wildman–Crippen MR) is 113 cm³/mol. The second kappa shape index (κ2) is 7.34. The summed E-state index contributed by atoms with van der Waals surface area (Å²) >= 11 is 0. The lowest BCUT2D eigenvalue weighted by atomic mass is 10.1. The molecule has 4 heteroatoms. The van der Waals surface area contributed by atoms with E-state index in [1.54, 1.807) is 0 Å². The second-order valence-electron chi connectivity index (χ2n) is 7.95. The molecule has 0 unspecified atom stereocenters. The van der Waals surface area contributed by atoms with Gasteiger partial charge in [-0.2, -0.15) is 0 Å². The first-order valence-corrected chi connectivity index (χ1v) is 10.0. The third-order valence-electron chi connectivity index (χ3n) is 5.98. The van der Waals surface area contributed by atoms with Crippen LogP contribution >= 0.6 is 0 Å². The number of H-pyrrole nitrogens is 1. The number of aryl methyl sites for hydroxylation is 3. The summed E-state index contributed by atoms with van der Waals surface area (Å²) in [5, 5.41) is 1.30. The van der Waals surface area contributed by atoms with Gasteiger partial charge in [0.25, 0.3) is 5.91 Å². The summed E-state index contributed by atoms with van der Waals surface area (Å²) in [6.45, 7) is 9.83. The highest BCUT2D eigenvalue weighted by molar-refractivity contribution is 5.86. The fourth-order valence-electron chi connectivity index (χ4n) is 4.14. The smallest absolute Gasteiger partial charge is 0.260 e. The van der Waals surface area contributed by atoms with E-state index in [9.17, 15) is 4.79 Å². The van der Waals surface area contributed by atoms with E-state index in [0.717, 1.165) is 42.8 Å². The zero-order valence-corrected chi connectivity index (χ0v) is 17.2. The van der Waals surface area contributed by atoms with Gasteiger partial charge in [-0.3, -0.25) is 4.79 Å². The molecule has 1 aliphatic heterocycles. The third kappa shape index (κ3) is 3.39. The minimum Gasteiger partial charge on any atom is -0.483 e. The summed E-state index contributed by atoms with van der Waals surface area (Å²) in [5.41, 5.74) is 8.46. The number of rotatable bonds is 3. The standard InChI is InChI=1S/C24H28N2O2/c1-15-5-8-21-20(13-15)19-9-11-26(12-10-22(19)25-21)23(27)14-28-24-17(3)7-6-16(2)18(24)4/h5-8,13,25H,9-12,14H2,1-4H3. The minimum atomic E-state index is 0.0611. The highest BCUT2D eigenvalue weighted by atomic mass is 16.5. The van der Waals surface area contributed by atoms with E-state index in [0.29, 0.717) is 0 Å². The van der Waals surface area contributed by atoms with Gasteiger partial charge >= 0.3 is 0 Å². The molecule has 4 rings (SSSR count). The number of carbonyl (C=O) groups excluding carboxylic acids is 1. The molecule has 1 aliphatic rings. The summed E-state index contributed by atoms with van der Waals surface area (Å²) < 4.78 is 5.95. The molecular formula is C24H28N2O2. The van der Waals surface area contributed by atoms with Crippen LogP contribution in [0.2, 0.25) is 0 Å². The van der Waals surface area contributed by atoms with E-state index in [1.807, 2.05) is 24.8 Å². The number of aromatic amines is 1. The number of carbonyl (C=O) groups is 1. The zero-order chi connectivity index (χ0) is 19.8. The van der Waals surface area contributed by atoms with Gasteiger partial charge in [0, 0.05) is 36.1 Å². The molecule has 1 N–H and O–H groups in total. The van der Waals surface area contributed by atoms with Gasteiger partial charge in [-0.05, 0) is 68.5 Å². The normalized spacial score (nSPS) is 14.1. The molecule has 0 fully saturated rings. The van der Waals surface area contributed by atoms with Gasteiger partial charge in [0.1, 0.15) is 5.75 Å². The maximum Gasteiger partial charge on any atom is 0.260 e. The first-order valence-electron chi connectivity index (χ1n) is 10.0. The molecule has 146 valence electrons. The first kappa shape index (κ1) is 18.6. The van der Waals surface area contributed by atoms with Crippen molar-refractivity contribution in [1.29, 1.82) is 0 Å². The maximum absolute atomic E-state index is 12.8. The topological polar surface area (TPSA) is 45.3 Å². The van der Waals surface area contributed by atoms with Gasteiger partial charge in [-0.15, -0.1) is 0 Å². The molecule has 0 spiro atoms. The molecule has 0 aliphatic carbocycles. The van der Waals surface area contributed by atoms with E-state index >= 15 is 0 Å². The predicted octanol–water partition coefficient (Wildman–Crippen LogP) is 4.41. The van der Waals surface area contributed by atoms with Crippen molar-refractivity contribution in [2.75, 3.05) is 19.7 Å². The lowest BCUT2D eigenvalue weighted by Gasteiger charge is -2.21. The number of fused-ring (bicyclic) bond motifs is 3. The van der Waals surface area contributed by atoms with Crippen LogP contribution in [0.3, 0.4) is 0 Å². The van der Waals surface area contributed by atoms with Crippen molar-refractivity contribution < 1.29 is 9.53 Å². The van der Waals surface area contributed by atoms with Crippen molar-refractivity contribution in [2.24, 2.45) is 0 Å². The SMILES string of the molecule is Cc1ccc2[nH]c3c(c2c1)CCN(C(=O)COc1c(C)ccc(C)c1C)CC3. The number of hydrogen-bond acceptors (Lipinski definition) is 2. The molecule has 0 atom stereocenters. The minimum absolute atomic E-state index is 0.0611. The number of benzene rings is 2. The summed E-state index contributed by atoms with van der Waals surface area (Å²) in [6, 6.07) is 10.7. The van der Waals surface area contributed by atoms with Gasteiger partial charge in [-0.25, -0.2) is 0 Å². The van der Waals surface area contributed by atoms with Crippen molar-refractivity contribution >= 4 is 16.8 Å². The molecular weight excluding hydrogens is 348 g/mol. The van der Waals surface area contributed by atoms with Crippen molar-refractivity contribution in [3.63, 3.8) is 0 Å². The van der Waals surface area contributed by atoms with Crippen LogP contribution in [0.1, 0.15) is 33.5 Å². The quantitative estimate of drug-likeness (QED) is 0.736. The Hall–Kier alpha value is -2.75. The fourth-order valence-corrected chi connectivity index (χ4v) is 4.14. The summed E-state index contributed by atoms with van der Waals surface area (Å²) in [7, 11) is 0. The molecule has 2 aromatic carbocycles. The lowest BCUT2D eigenvalue weighted by molar-refractivity contribution is -0.133. The van der Waals surface area contributed by atoms with E-state index < -0.39 is 0 Å². The summed E-state index contributed by atoms with van der Waals surface area (Å²) in [6.07, 6.45) is 1.74. The van der Waals surface area contributed by atoms with E-state index in [1.165, 1.54) is 33.3 Å². The van der Waals surface area contributed by atoms with E-state index in [4.69, 9.17) is 4.74 Å². The van der Waals surface area contributed by atoms with Crippen LogP contribution in [0.25, 0.3) is 10.9 Å². The Morgan fingerprint density at radius 1 is 1.04 bits per heavy atom. The van der Waals surface area contributed by atoms with Crippen LogP contribution in [-0.2, 0) is 17.6 Å². The lowest BCUT2D eigenvalue weighted by Crippen LogP contribution is -2.37. The zero-order valence-electron chi connectivity index (χ0n) is 17.2. The van der Waals surface area contributed by atoms with Gasteiger partial charge < -0.3 is 14.6 Å². The average molecular weight is 377 g/mol. The van der Waals surface area contributed by atoms with Crippen molar-refractivity contribution in [3.05, 3.63) is 63.8 Å². The second-order valence-corrected chi connectivity index (χ2v) is 7.95. The van der Waals surface area contributed by atoms with Gasteiger partial charge in [0.05, 0.1) is 0 Å². The highest BCUT2D eigenvalue weighted by Crippen LogP contribution is 2.28. The van der Waals surface area contributed by atoms with Crippen LogP contribution in [0, 0.1) is 27.7 Å². The highest BCUT2D eigenvalue weighted by Gasteiger charge is 2.22. The van der Waals surface area contributed by atoms with Gasteiger partial charge in [0.2, 0.25) is 0 Å². The molecule has 1 aromatic heterocycles. The molecule has 0 bridgehead atoms. The average Bonchev–Trinajstić information content (AvgIpc) is 2.87. The molecule has 2 heterocycles. The van der Waals surface area contributed by atoms with Gasteiger partial charge in [-0.1, -0.05) is 23.8 Å². The fraction of sp³-hybridized carbons (Fsp3) is 0.375. The molecule has 4 nitrogen and oxygen atoms in total. The number of ether oxygens (including phenoxy) is 1. The van der Waals surface area contributed by atoms with Crippen LogP contribution in [0.5, 0.6) is 5.75 Å². The Balaban J connectivity index is 1.45. The molecule has 3 aromatic rings. The number of aromatic nitrogens is 1. The Morgan fingerprint density at radius 2 is 1.79 bits per heavy atom. The van der Waals surface area contributed by atoms with Crippen molar-refractivity contribution in [3.8, 4) is 5.75 Å². The first-order chi connectivity index (χ1) is 13.4. The molecule has 28 heavy (non-hydrogen) atoms. The molecule has 0 saturated heterocycles. The largest absolute Gasteiger partial charge is 0.483 e. The van der Waals surface area contributed by atoms with Crippen LogP contribution in [0.15, 0.2) is 30.3 Å². The maximum atomic E-state index is 12.8.